The molecule has 17 heteroatoms. The summed E-state index contributed by atoms with van der Waals surface area (Å²) in [6.45, 7) is 14.5. The molecule has 0 radical (unpaired) electrons. The van der Waals surface area contributed by atoms with Gasteiger partial charge in [0.2, 0.25) is 23.7 Å². The number of piperidine rings is 1. The topological polar surface area (TPSA) is 199 Å². The minimum Gasteiger partial charge on any atom is -0.491 e. The Morgan fingerprint density at radius 3 is 2.22 bits per heavy atom. The SMILES string of the molecule is CC.CC1CCC(=O)NC1=O.CCC(C)C(=O)c1cccc(NCCOCCOCCOCCOc2ccc(Nc3ncc(Br)c(NCCCN(C)C(=O)C4CCC4)n3)cc2)c1C=O. The number of imide groups is 1. The Hall–Kier alpha value is -4.97. The fraction of sp³-hybridized carbons (Fsp3) is 0.553. The molecule has 5 rings (SSSR count). The number of hydrogen-bond acceptors (Lipinski definition) is 14. The summed E-state index contributed by atoms with van der Waals surface area (Å²) in [5.74, 6) is 1.92. The van der Waals surface area contributed by atoms with E-state index in [-0.39, 0.29) is 41.3 Å². The average Bonchev–Trinajstić information content (AvgIpc) is 3.29. The van der Waals surface area contributed by atoms with E-state index in [0.717, 1.165) is 54.3 Å². The van der Waals surface area contributed by atoms with Crippen LogP contribution >= 0.6 is 15.9 Å². The van der Waals surface area contributed by atoms with E-state index in [1.54, 1.807) is 24.4 Å². The zero-order valence-electron chi connectivity index (χ0n) is 38.3. The Labute approximate surface area is 386 Å². The van der Waals surface area contributed by atoms with Crippen molar-refractivity contribution in [2.75, 3.05) is 88.9 Å². The maximum Gasteiger partial charge on any atom is 0.229 e. The molecule has 2 fully saturated rings. The van der Waals surface area contributed by atoms with E-state index in [2.05, 4.69) is 47.2 Å². The third kappa shape index (κ3) is 18.6. The Morgan fingerprint density at radius 2 is 1.61 bits per heavy atom. The molecule has 2 heterocycles. The van der Waals surface area contributed by atoms with Crippen molar-refractivity contribution in [2.24, 2.45) is 17.8 Å². The summed E-state index contributed by atoms with van der Waals surface area (Å²) >= 11 is 3.51. The lowest BCUT2D eigenvalue weighted by molar-refractivity contribution is -0.137. The van der Waals surface area contributed by atoms with Crippen LogP contribution in [0.2, 0.25) is 0 Å². The van der Waals surface area contributed by atoms with Gasteiger partial charge in [0.05, 0.1) is 44.1 Å². The minimum absolute atomic E-state index is 0.0164. The Bertz CT molecular complexity index is 1900. The second-order valence-electron chi connectivity index (χ2n) is 15.2. The summed E-state index contributed by atoms with van der Waals surface area (Å²) in [6.07, 6.45) is 8.36. The van der Waals surface area contributed by atoms with Gasteiger partial charge in [-0.25, -0.2) is 4.98 Å². The van der Waals surface area contributed by atoms with Crippen molar-refractivity contribution in [3.63, 3.8) is 0 Å². The van der Waals surface area contributed by atoms with Gasteiger partial charge in [-0.1, -0.05) is 53.2 Å². The standard InChI is InChI=1S/C39H53BrN6O7.C6H9NO2.C2H6/c1-4-28(2)36(48)32-10-6-11-35(33(32)27-47)41-17-19-50-20-21-51-22-23-52-24-25-53-31-14-12-30(13-15-31)44-39-43-26-34(40)37(45-39)42-16-7-18-46(3)38(49)29-8-5-9-29;1-4-2-3-5(8)7-6(4)9;1-2/h6,10-15,26-29,41H,4-5,7-9,16-25H2,1-3H3,(H2,42,43,44,45);4H,2-3H2,1H3,(H,7,8,9);1-2H3. The monoisotopic (exact) mass is 953 g/mol. The molecule has 0 spiro atoms. The van der Waals surface area contributed by atoms with E-state index in [1.165, 1.54) is 0 Å². The number of aldehydes is 1. The van der Waals surface area contributed by atoms with Crippen molar-refractivity contribution in [3.8, 4) is 5.75 Å². The summed E-state index contributed by atoms with van der Waals surface area (Å²) < 4.78 is 23.4. The van der Waals surface area contributed by atoms with Crippen LogP contribution in [0.15, 0.2) is 53.1 Å². The first kappa shape index (κ1) is 53.4. The lowest BCUT2D eigenvalue weighted by Gasteiger charge is -2.29. The number of nitrogens with zero attached hydrogens (tertiary/aromatic N) is 3. The number of carbonyl (C=O) groups is 5. The molecule has 1 aliphatic carbocycles. The molecule has 16 nitrogen and oxygen atoms in total. The van der Waals surface area contributed by atoms with Gasteiger partial charge in [0.1, 0.15) is 18.2 Å². The molecule has 1 aliphatic heterocycles. The van der Waals surface area contributed by atoms with E-state index in [1.807, 2.05) is 70.8 Å². The van der Waals surface area contributed by atoms with E-state index in [4.69, 9.17) is 18.9 Å². The molecule has 0 bridgehead atoms. The van der Waals surface area contributed by atoms with Crippen LogP contribution < -0.4 is 26.0 Å². The average molecular weight is 955 g/mol. The number of amides is 3. The molecule has 1 saturated heterocycles. The van der Waals surface area contributed by atoms with Crippen LogP contribution in [0.25, 0.3) is 0 Å². The Kier molecular flexibility index (Phi) is 25.2. The largest absolute Gasteiger partial charge is 0.491 e. The second-order valence-corrected chi connectivity index (χ2v) is 16.1. The van der Waals surface area contributed by atoms with Crippen LogP contribution in [0.5, 0.6) is 5.75 Å². The zero-order valence-corrected chi connectivity index (χ0v) is 39.9. The first-order valence-electron chi connectivity index (χ1n) is 22.4. The quantitative estimate of drug-likeness (QED) is 0.0264. The van der Waals surface area contributed by atoms with Gasteiger partial charge in [-0.15, -0.1) is 0 Å². The van der Waals surface area contributed by atoms with Gasteiger partial charge in [0, 0.05) is 79.6 Å². The predicted molar refractivity (Wildman–Crippen MR) is 252 cm³/mol. The van der Waals surface area contributed by atoms with Crippen LogP contribution in [-0.2, 0) is 28.6 Å². The number of carbonyl (C=O) groups excluding carboxylic acids is 5. The molecule has 4 N–H and O–H groups in total. The molecule has 352 valence electrons. The lowest BCUT2D eigenvalue weighted by atomic mass is 9.84. The number of benzene rings is 2. The number of anilines is 4. The Morgan fingerprint density at radius 1 is 0.938 bits per heavy atom. The van der Waals surface area contributed by atoms with Gasteiger partial charge in [-0.2, -0.15) is 4.98 Å². The van der Waals surface area contributed by atoms with Crippen LogP contribution in [0.3, 0.4) is 0 Å². The Balaban J connectivity index is 0.000000870. The fourth-order valence-corrected chi connectivity index (χ4v) is 6.58. The number of ketones is 1. The van der Waals surface area contributed by atoms with Crippen molar-refractivity contribution in [1.82, 2.24) is 20.2 Å². The number of ether oxygens (including phenoxy) is 4. The number of nitrogens with one attached hydrogen (secondary N) is 4. The summed E-state index contributed by atoms with van der Waals surface area (Å²) in [6, 6.07) is 12.8. The van der Waals surface area contributed by atoms with Crippen molar-refractivity contribution < 1.29 is 42.9 Å². The summed E-state index contributed by atoms with van der Waals surface area (Å²) in [7, 11) is 1.88. The molecule has 2 atom stereocenters. The number of hydrogen-bond donors (Lipinski definition) is 4. The van der Waals surface area contributed by atoms with Crippen molar-refractivity contribution in [1.29, 1.82) is 0 Å². The molecular weight excluding hydrogens is 886 g/mol. The van der Waals surface area contributed by atoms with E-state index < -0.39 is 0 Å². The molecule has 2 aliphatic rings. The van der Waals surface area contributed by atoms with Crippen LogP contribution in [-0.4, -0.2) is 118 Å². The molecule has 3 amide bonds. The van der Waals surface area contributed by atoms with Crippen molar-refractivity contribution in [2.45, 2.75) is 79.6 Å². The zero-order chi connectivity index (χ0) is 46.7. The third-order valence-electron chi connectivity index (χ3n) is 10.5. The van der Waals surface area contributed by atoms with Crippen molar-refractivity contribution >= 4 is 68.9 Å². The summed E-state index contributed by atoms with van der Waals surface area (Å²) in [5.41, 5.74) is 2.29. The predicted octanol–water partition coefficient (Wildman–Crippen LogP) is 7.71. The number of halogens is 1. The minimum atomic E-state index is -0.141. The van der Waals surface area contributed by atoms with Gasteiger partial charge in [-0.05, 0) is 78.4 Å². The smallest absolute Gasteiger partial charge is 0.229 e. The maximum absolute atomic E-state index is 12.6. The number of Topliss-reactive ketones (excluding diaryl/α,β-unsaturated/α-hetero) is 1. The highest BCUT2D eigenvalue weighted by Gasteiger charge is 2.27. The first-order valence-corrected chi connectivity index (χ1v) is 23.2. The second kappa shape index (κ2) is 30.2. The highest BCUT2D eigenvalue weighted by Crippen LogP contribution is 2.28. The van der Waals surface area contributed by atoms with Gasteiger partial charge >= 0.3 is 0 Å². The third-order valence-corrected chi connectivity index (χ3v) is 11.1. The molecular formula is C47H68BrN7O9. The number of aromatic nitrogens is 2. The fourth-order valence-electron chi connectivity index (χ4n) is 6.25. The summed E-state index contributed by atoms with van der Waals surface area (Å²) in [5, 5.41) is 12.0. The van der Waals surface area contributed by atoms with Crippen LogP contribution in [0.1, 0.15) is 100 Å². The van der Waals surface area contributed by atoms with E-state index >= 15 is 0 Å². The van der Waals surface area contributed by atoms with Gasteiger partial charge in [0.25, 0.3) is 0 Å². The van der Waals surface area contributed by atoms with Crippen molar-refractivity contribution in [3.05, 3.63) is 64.3 Å². The molecule has 1 aromatic heterocycles. The molecule has 1 saturated carbocycles. The first-order chi connectivity index (χ1) is 31.0. The highest BCUT2D eigenvalue weighted by molar-refractivity contribution is 9.10. The van der Waals surface area contributed by atoms with Gasteiger partial charge in [-0.3, -0.25) is 29.3 Å². The highest BCUT2D eigenvalue weighted by atomic mass is 79.9. The van der Waals surface area contributed by atoms with Gasteiger partial charge < -0.3 is 39.8 Å². The van der Waals surface area contributed by atoms with E-state index in [9.17, 15) is 24.0 Å². The molecule has 64 heavy (non-hydrogen) atoms. The molecule has 2 aromatic carbocycles. The lowest BCUT2D eigenvalue weighted by Crippen LogP contribution is -2.39. The normalized spacial score (nSPS) is 14.9. The molecule has 2 unspecified atom stereocenters. The maximum atomic E-state index is 12.6. The molecule has 3 aromatic rings. The van der Waals surface area contributed by atoms with E-state index in [0.29, 0.717) is 107 Å². The number of rotatable bonds is 26. The van der Waals surface area contributed by atoms with Crippen LogP contribution in [0.4, 0.5) is 23.1 Å². The van der Waals surface area contributed by atoms with Crippen LogP contribution in [0, 0.1) is 17.8 Å². The van der Waals surface area contributed by atoms with Gasteiger partial charge in [0.15, 0.2) is 12.1 Å². The summed E-state index contributed by atoms with van der Waals surface area (Å²) in [4.78, 5) is 68.6.